The van der Waals surface area contributed by atoms with E-state index in [-0.39, 0.29) is 12.8 Å². The van der Waals surface area contributed by atoms with Gasteiger partial charge in [-0.25, -0.2) is 0 Å². The summed E-state index contributed by atoms with van der Waals surface area (Å²) in [7, 11) is 0. The van der Waals surface area contributed by atoms with Crippen LogP contribution in [-0.4, -0.2) is 45.9 Å². The highest BCUT2D eigenvalue weighted by Gasteiger charge is 2.44. The molecule has 0 aromatic rings. The van der Waals surface area contributed by atoms with Gasteiger partial charge in [0.05, 0.1) is 6.61 Å². The number of rotatable bonds is 36. The fourth-order valence-electron chi connectivity index (χ4n) is 5.98. The van der Waals surface area contributed by atoms with Gasteiger partial charge in [-0.3, -0.25) is 9.59 Å². The minimum Gasteiger partial charge on any atom is -0.396 e. The van der Waals surface area contributed by atoms with Crippen molar-refractivity contribution in [3.05, 3.63) is 0 Å². The fraction of sp³-hybridized carbons (Fsp3) is 0.949. The van der Waals surface area contributed by atoms with E-state index < -0.39 is 30.6 Å². The van der Waals surface area contributed by atoms with Crippen LogP contribution in [0.2, 0.25) is 0 Å². The first-order valence-electron chi connectivity index (χ1n) is 19.8. The summed E-state index contributed by atoms with van der Waals surface area (Å²) in [6.07, 6.45) is 34.6. The number of hydrogen-bond acceptors (Lipinski definition) is 7. The molecule has 46 heavy (non-hydrogen) atoms. The fourth-order valence-corrected chi connectivity index (χ4v) is 5.98. The summed E-state index contributed by atoms with van der Waals surface area (Å²) in [6.45, 7) is 3.60. The Labute approximate surface area is 284 Å². The van der Waals surface area contributed by atoms with Crippen LogP contribution in [0.4, 0.5) is 0 Å². The van der Waals surface area contributed by atoms with Crippen molar-refractivity contribution in [3.8, 4) is 0 Å². The van der Waals surface area contributed by atoms with Gasteiger partial charge >= 0.3 is 17.9 Å². The average Bonchev–Trinajstić information content (AvgIpc) is 3.04. The zero-order valence-corrected chi connectivity index (χ0v) is 30.4. The molecule has 1 atom stereocenters. The maximum absolute atomic E-state index is 12.3. The molecule has 0 rings (SSSR count). The first-order chi connectivity index (χ1) is 22.4. The van der Waals surface area contributed by atoms with E-state index in [1.165, 1.54) is 141 Å². The molecule has 0 aromatic carbocycles. The summed E-state index contributed by atoms with van der Waals surface area (Å²) in [5, 5.41) is 29.9. The van der Waals surface area contributed by atoms with Crippen LogP contribution >= 0.6 is 0 Å². The predicted octanol–water partition coefficient (Wildman–Crippen LogP) is 10.6. The second-order valence-electron chi connectivity index (χ2n) is 13.7. The van der Waals surface area contributed by atoms with Crippen LogP contribution in [0.3, 0.4) is 0 Å². The van der Waals surface area contributed by atoms with Crippen molar-refractivity contribution >= 4 is 11.9 Å². The third-order valence-electron chi connectivity index (χ3n) is 9.08. The van der Waals surface area contributed by atoms with Gasteiger partial charge in [-0.2, -0.15) is 0 Å². The Hall–Kier alpha value is -1.18. The van der Waals surface area contributed by atoms with E-state index >= 15 is 0 Å². The maximum atomic E-state index is 12.3. The quantitative estimate of drug-likeness (QED) is 0.0349. The number of unbranched alkanes of at least 4 members (excludes halogenated alkanes) is 28. The van der Waals surface area contributed by atoms with E-state index in [0.717, 1.165) is 38.5 Å². The Kier molecular flexibility index (Phi) is 32.8. The Bertz CT molecular complexity index is 621. The van der Waals surface area contributed by atoms with Gasteiger partial charge in [0.1, 0.15) is 0 Å². The number of esters is 2. The van der Waals surface area contributed by atoms with Gasteiger partial charge in [0, 0.05) is 12.8 Å². The Morgan fingerprint density at radius 3 is 0.891 bits per heavy atom. The second kappa shape index (κ2) is 33.7. The summed E-state index contributed by atoms with van der Waals surface area (Å²) >= 11 is 0. The third-order valence-corrected chi connectivity index (χ3v) is 9.08. The van der Waals surface area contributed by atoms with Gasteiger partial charge in [-0.1, -0.05) is 194 Å². The largest absolute Gasteiger partial charge is 0.403 e. The van der Waals surface area contributed by atoms with Crippen molar-refractivity contribution in [2.24, 2.45) is 0 Å². The lowest BCUT2D eigenvalue weighted by molar-refractivity contribution is -0.364. The maximum Gasteiger partial charge on any atom is 0.403 e. The van der Waals surface area contributed by atoms with Crippen molar-refractivity contribution in [3.63, 3.8) is 0 Å². The van der Waals surface area contributed by atoms with Crippen molar-refractivity contribution in [2.45, 2.75) is 231 Å². The summed E-state index contributed by atoms with van der Waals surface area (Å²) in [4.78, 5) is 24.7. The molecule has 7 nitrogen and oxygen atoms in total. The molecule has 0 aliphatic rings. The minimum absolute atomic E-state index is 0.0509. The van der Waals surface area contributed by atoms with Crippen molar-refractivity contribution in [2.75, 3.05) is 6.61 Å². The number of aliphatic hydroxyl groups excluding tert-OH is 2. The molecule has 0 aliphatic heterocycles. The molecule has 0 radical (unpaired) electrons. The van der Waals surface area contributed by atoms with Crippen LogP contribution < -0.4 is 0 Å². The molecule has 0 saturated heterocycles. The van der Waals surface area contributed by atoms with Gasteiger partial charge in [-0.05, 0) is 12.8 Å². The van der Waals surface area contributed by atoms with Gasteiger partial charge < -0.3 is 24.8 Å². The Morgan fingerprint density at radius 1 is 0.457 bits per heavy atom. The van der Waals surface area contributed by atoms with E-state index in [0.29, 0.717) is 12.8 Å². The topological polar surface area (TPSA) is 113 Å². The van der Waals surface area contributed by atoms with Crippen LogP contribution in [0.5, 0.6) is 0 Å². The van der Waals surface area contributed by atoms with E-state index in [9.17, 15) is 24.9 Å². The molecule has 0 saturated carbocycles. The van der Waals surface area contributed by atoms with Gasteiger partial charge in [0.25, 0.3) is 0 Å². The van der Waals surface area contributed by atoms with Crippen LogP contribution in [0.15, 0.2) is 0 Å². The minimum atomic E-state index is -2.87. The molecule has 7 heteroatoms. The van der Waals surface area contributed by atoms with Gasteiger partial charge in [-0.15, -0.1) is 0 Å². The first kappa shape index (κ1) is 44.8. The molecule has 0 spiro atoms. The smallest absolute Gasteiger partial charge is 0.396 e. The van der Waals surface area contributed by atoms with Gasteiger partial charge in [0.2, 0.25) is 0 Å². The van der Waals surface area contributed by atoms with Crippen molar-refractivity contribution in [1.82, 2.24) is 0 Å². The highest BCUT2D eigenvalue weighted by Crippen LogP contribution is 2.20. The van der Waals surface area contributed by atoms with Gasteiger partial charge in [0.15, 0.2) is 6.10 Å². The lowest BCUT2D eigenvalue weighted by Gasteiger charge is -2.30. The summed E-state index contributed by atoms with van der Waals surface area (Å²) in [5.41, 5.74) is 0. The Morgan fingerprint density at radius 2 is 0.674 bits per heavy atom. The number of aliphatic hydroxyl groups is 3. The SMILES string of the molecule is CCCCCCCCCCCCCCCCCC(=O)OC(O)(OC(=O)CCCCCCCCCCCCCCCCC)C(O)CO. The van der Waals surface area contributed by atoms with E-state index in [4.69, 9.17) is 9.47 Å². The average molecular weight is 657 g/mol. The predicted molar refractivity (Wildman–Crippen MR) is 189 cm³/mol. The molecule has 3 N–H and O–H groups in total. The summed E-state index contributed by atoms with van der Waals surface area (Å²) < 4.78 is 9.95. The number of carbonyl (C=O) groups is 2. The van der Waals surface area contributed by atoms with Crippen molar-refractivity contribution in [1.29, 1.82) is 0 Å². The lowest BCUT2D eigenvalue weighted by Crippen LogP contribution is -2.51. The highest BCUT2D eigenvalue weighted by atomic mass is 16.8. The zero-order chi connectivity index (χ0) is 34.0. The second-order valence-corrected chi connectivity index (χ2v) is 13.7. The molecule has 0 amide bonds. The third kappa shape index (κ3) is 29.0. The van der Waals surface area contributed by atoms with Crippen LogP contribution in [-0.2, 0) is 19.1 Å². The van der Waals surface area contributed by atoms with E-state index in [1.54, 1.807) is 0 Å². The molecular formula is C39H76O7. The highest BCUT2D eigenvalue weighted by molar-refractivity contribution is 5.71. The normalized spacial score (nSPS) is 12.4. The molecule has 274 valence electrons. The first-order valence-corrected chi connectivity index (χ1v) is 19.8. The molecule has 0 heterocycles. The van der Waals surface area contributed by atoms with Crippen LogP contribution in [0, 0.1) is 0 Å². The van der Waals surface area contributed by atoms with E-state index in [1.807, 2.05) is 0 Å². The van der Waals surface area contributed by atoms with Crippen LogP contribution in [0.25, 0.3) is 0 Å². The molecule has 0 fully saturated rings. The molecule has 0 aromatic heterocycles. The molecule has 0 bridgehead atoms. The monoisotopic (exact) mass is 657 g/mol. The number of carbonyl (C=O) groups excluding carboxylic acids is 2. The summed E-state index contributed by atoms with van der Waals surface area (Å²) in [5.74, 6) is -4.39. The zero-order valence-electron chi connectivity index (χ0n) is 30.4. The molecular weight excluding hydrogens is 580 g/mol. The van der Waals surface area contributed by atoms with E-state index in [2.05, 4.69) is 13.8 Å². The molecule has 1 unspecified atom stereocenters. The summed E-state index contributed by atoms with van der Waals surface area (Å²) in [6, 6.07) is 0. The molecule has 0 aliphatic carbocycles. The number of hydrogen-bond donors (Lipinski definition) is 3. The standard InChI is InChI=1S/C39H76O7/c1-3-5-7-9-11-13-15-17-19-21-23-25-27-29-31-33-37(42)45-39(44,36(41)35-40)46-38(43)34-32-30-28-26-24-22-20-18-16-14-12-10-8-6-4-2/h36,40-41,44H,3-35H2,1-2H3. The van der Waals surface area contributed by atoms with Crippen LogP contribution in [0.1, 0.15) is 219 Å². The van der Waals surface area contributed by atoms with Crippen molar-refractivity contribution < 1.29 is 34.4 Å². The Balaban J connectivity index is 3.87. The number of ether oxygens (including phenoxy) is 2. The lowest BCUT2D eigenvalue weighted by atomic mass is 10.0.